The van der Waals surface area contributed by atoms with E-state index in [1.807, 2.05) is 0 Å². The van der Waals surface area contributed by atoms with E-state index >= 15 is 0 Å². The molecule has 2 saturated heterocycles. The molecule has 3 heteroatoms. The molecule has 19 heavy (non-hydrogen) atoms. The van der Waals surface area contributed by atoms with Gasteiger partial charge in [0.1, 0.15) is 6.29 Å². The quantitative estimate of drug-likeness (QED) is 0.730. The molecule has 2 heterocycles. The minimum Gasteiger partial charge on any atom is -0.303 e. The van der Waals surface area contributed by atoms with Crippen LogP contribution in [-0.4, -0.2) is 54.9 Å². The van der Waals surface area contributed by atoms with Gasteiger partial charge in [-0.2, -0.15) is 0 Å². The van der Waals surface area contributed by atoms with Gasteiger partial charge in [0.25, 0.3) is 0 Å². The third-order valence-electron chi connectivity index (χ3n) is 5.59. The highest BCUT2D eigenvalue weighted by molar-refractivity contribution is 5.60. The molecule has 0 aromatic carbocycles. The average molecular weight is 264 g/mol. The predicted molar refractivity (Wildman–Crippen MR) is 77.2 cm³/mol. The van der Waals surface area contributed by atoms with E-state index in [0.717, 1.165) is 31.3 Å². The van der Waals surface area contributed by atoms with Crippen molar-refractivity contribution in [3.05, 3.63) is 0 Å². The monoisotopic (exact) mass is 264 g/mol. The molecular formula is C16H28N2O. The van der Waals surface area contributed by atoms with Gasteiger partial charge >= 0.3 is 0 Å². The fourth-order valence-electron chi connectivity index (χ4n) is 4.63. The second-order valence-electron chi connectivity index (χ2n) is 7.25. The molecule has 1 saturated carbocycles. The van der Waals surface area contributed by atoms with Crippen LogP contribution in [0.5, 0.6) is 0 Å². The molecule has 2 aliphatic heterocycles. The number of rotatable bonds is 3. The number of carbonyl (C=O) groups is 1. The van der Waals surface area contributed by atoms with E-state index in [2.05, 4.69) is 16.7 Å². The van der Waals surface area contributed by atoms with Gasteiger partial charge < -0.3 is 4.79 Å². The summed E-state index contributed by atoms with van der Waals surface area (Å²) in [5.41, 5.74) is -0.0293. The first-order valence-electron chi connectivity index (χ1n) is 8.13. The van der Waals surface area contributed by atoms with Gasteiger partial charge in [-0.15, -0.1) is 0 Å². The van der Waals surface area contributed by atoms with E-state index in [1.165, 1.54) is 58.1 Å². The summed E-state index contributed by atoms with van der Waals surface area (Å²) in [5.74, 6) is 0.728. The molecule has 3 atom stereocenters. The van der Waals surface area contributed by atoms with Crippen molar-refractivity contribution in [1.29, 1.82) is 0 Å². The lowest BCUT2D eigenvalue weighted by Gasteiger charge is -2.43. The molecule has 0 aromatic heterocycles. The number of carbonyl (C=O) groups excluding carboxylic acids is 1. The molecule has 0 spiro atoms. The van der Waals surface area contributed by atoms with Gasteiger partial charge in [-0.05, 0) is 38.1 Å². The Hall–Kier alpha value is -0.410. The largest absolute Gasteiger partial charge is 0.303 e. The van der Waals surface area contributed by atoms with Crippen LogP contribution in [0.3, 0.4) is 0 Å². The molecule has 3 unspecified atom stereocenters. The Kier molecular flexibility index (Phi) is 3.95. The van der Waals surface area contributed by atoms with Gasteiger partial charge in [-0.25, -0.2) is 0 Å². The van der Waals surface area contributed by atoms with Crippen molar-refractivity contribution in [3.63, 3.8) is 0 Å². The number of hydrogen-bond acceptors (Lipinski definition) is 3. The van der Waals surface area contributed by atoms with Crippen LogP contribution < -0.4 is 0 Å². The fraction of sp³-hybridized carbons (Fsp3) is 0.938. The van der Waals surface area contributed by atoms with Crippen molar-refractivity contribution in [2.24, 2.45) is 11.3 Å². The molecular weight excluding hydrogens is 236 g/mol. The van der Waals surface area contributed by atoms with E-state index in [1.54, 1.807) is 0 Å². The van der Waals surface area contributed by atoms with Crippen molar-refractivity contribution in [2.45, 2.75) is 51.5 Å². The number of fused-ring (bicyclic) bond motifs is 1. The highest BCUT2D eigenvalue weighted by atomic mass is 16.1. The number of hydrogen-bond donors (Lipinski definition) is 0. The maximum absolute atomic E-state index is 11.7. The zero-order chi connectivity index (χ0) is 13.3. The molecule has 0 bridgehead atoms. The Balaban J connectivity index is 1.61. The lowest BCUT2D eigenvalue weighted by atomic mass is 9.70. The third-order valence-corrected chi connectivity index (χ3v) is 5.59. The minimum atomic E-state index is -0.0293. The van der Waals surface area contributed by atoms with Crippen LogP contribution in [0.1, 0.15) is 45.4 Å². The van der Waals surface area contributed by atoms with Crippen LogP contribution in [0.25, 0.3) is 0 Å². The molecule has 1 aliphatic carbocycles. The van der Waals surface area contributed by atoms with Crippen molar-refractivity contribution in [1.82, 2.24) is 9.80 Å². The third kappa shape index (κ3) is 2.87. The van der Waals surface area contributed by atoms with Crippen LogP contribution in [0.2, 0.25) is 0 Å². The average Bonchev–Trinajstić information content (AvgIpc) is 2.86. The zero-order valence-electron chi connectivity index (χ0n) is 12.3. The first-order chi connectivity index (χ1) is 9.21. The summed E-state index contributed by atoms with van der Waals surface area (Å²) in [7, 11) is 0. The van der Waals surface area contributed by atoms with Gasteiger partial charge in [0.15, 0.2) is 0 Å². The predicted octanol–water partition coefficient (Wildman–Crippen LogP) is 2.16. The second kappa shape index (κ2) is 5.53. The number of aldehydes is 1. The van der Waals surface area contributed by atoms with Gasteiger partial charge in [0.05, 0.1) is 0 Å². The van der Waals surface area contributed by atoms with Crippen molar-refractivity contribution in [2.75, 3.05) is 32.7 Å². The summed E-state index contributed by atoms with van der Waals surface area (Å²) < 4.78 is 0. The van der Waals surface area contributed by atoms with E-state index < -0.39 is 0 Å². The highest BCUT2D eigenvalue weighted by Crippen LogP contribution is 2.39. The summed E-state index contributed by atoms with van der Waals surface area (Å²) >= 11 is 0. The van der Waals surface area contributed by atoms with Gasteiger partial charge in [0, 0.05) is 37.6 Å². The molecule has 3 rings (SSSR count). The first kappa shape index (κ1) is 13.6. The molecule has 3 aliphatic rings. The summed E-state index contributed by atoms with van der Waals surface area (Å²) in [6.45, 7) is 8.21. The summed E-state index contributed by atoms with van der Waals surface area (Å²) in [6.07, 6.45) is 8.81. The SMILES string of the molecule is CC1CCCC(C=O)(CN2CCN3CCCC3C2)C1. The Morgan fingerprint density at radius 3 is 2.89 bits per heavy atom. The van der Waals surface area contributed by atoms with Gasteiger partial charge in [-0.1, -0.05) is 19.8 Å². The summed E-state index contributed by atoms with van der Waals surface area (Å²) in [6, 6.07) is 0.776. The van der Waals surface area contributed by atoms with Gasteiger partial charge in [-0.3, -0.25) is 9.80 Å². The van der Waals surface area contributed by atoms with Crippen LogP contribution in [0.15, 0.2) is 0 Å². The van der Waals surface area contributed by atoms with Crippen LogP contribution in [0.4, 0.5) is 0 Å². The highest BCUT2D eigenvalue weighted by Gasteiger charge is 2.39. The molecule has 3 fully saturated rings. The molecule has 0 amide bonds. The normalized spacial score (nSPS) is 41.1. The maximum atomic E-state index is 11.7. The lowest BCUT2D eigenvalue weighted by molar-refractivity contribution is -0.120. The molecule has 3 nitrogen and oxygen atoms in total. The Bertz CT molecular complexity index is 333. The van der Waals surface area contributed by atoms with Crippen molar-refractivity contribution in [3.8, 4) is 0 Å². The van der Waals surface area contributed by atoms with Crippen molar-refractivity contribution >= 4 is 6.29 Å². The molecule has 0 aromatic rings. The lowest BCUT2D eigenvalue weighted by Crippen LogP contribution is -2.53. The van der Waals surface area contributed by atoms with E-state index in [-0.39, 0.29) is 5.41 Å². The van der Waals surface area contributed by atoms with E-state index in [4.69, 9.17) is 0 Å². The number of nitrogens with zero attached hydrogens (tertiary/aromatic N) is 2. The van der Waals surface area contributed by atoms with Crippen LogP contribution in [0, 0.1) is 11.3 Å². The van der Waals surface area contributed by atoms with Gasteiger partial charge in [0.2, 0.25) is 0 Å². The second-order valence-corrected chi connectivity index (χ2v) is 7.25. The Labute approximate surface area is 117 Å². The Morgan fingerprint density at radius 2 is 2.11 bits per heavy atom. The summed E-state index contributed by atoms with van der Waals surface area (Å²) in [4.78, 5) is 16.9. The summed E-state index contributed by atoms with van der Waals surface area (Å²) in [5, 5.41) is 0. The zero-order valence-corrected chi connectivity index (χ0v) is 12.3. The molecule has 0 radical (unpaired) electrons. The maximum Gasteiger partial charge on any atom is 0.127 e. The van der Waals surface area contributed by atoms with Crippen LogP contribution in [-0.2, 0) is 4.79 Å². The van der Waals surface area contributed by atoms with E-state index in [9.17, 15) is 4.79 Å². The first-order valence-corrected chi connectivity index (χ1v) is 8.13. The van der Waals surface area contributed by atoms with Crippen molar-refractivity contribution < 1.29 is 4.79 Å². The van der Waals surface area contributed by atoms with Crippen LogP contribution >= 0.6 is 0 Å². The standard InChI is InChI=1S/C16H28N2O/c1-14-4-2-6-16(10-14,13-19)12-17-8-9-18-7-3-5-15(18)11-17/h13-15H,2-12H2,1H3. The smallest absolute Gasteiger partial charge is 0.127 e. The fourth-order valence-corrected chi connectivity index (χ4v) is 4.63. The molecule has 0 N–H and O–H groups in total. The number of piperazine rings is 1. The topological polar surface area (TPSA) is 23.6 Å². The van der Waals surface area contributed by atoms with E-state index in [0.29, 0.717) is 0 Å². The minimum absolute atomic E-state index is 0.0293. The Morgan fingerprint density at radius 1 is 1.21 bits per heavy atom. The molecule has 108 valence electrons.